The Balaban J connectivity index is 1.87. The van der Waals surface area contributed by atoms with Crippen LogP contribution >= 0.6 is 0 Å². The Hall–Kier alpha value is -0.120. The molecule has 3 nitrogen and oxygen atoms in total. The molecule has 2 fully saturated rings. The highest BCUT2D eigenvalue weighted by Gasteiger charge is 2.24. The van der Waals surface area contributed by atoms with Crippen molar-refractivity contribution in [1.29, 1.82) is 0 Å². The van der Waals surface area contributed by atoms with Crippen LogP contribution in [-0.2, 0) is 4.74 Å². The van der Waals surface area contributed by atoms with Gasteiger partial charge in [0.15, 0.2) is 0 Å². The van der Waals surface area contributed by atoms with Crippen LogP contribution in [0.4, 0.5) is 0 Å². The maximum atomic E-state index is 5.58. The van der Waals surface area contributed by atoms with E-state index in [0.29, 0.717) is 12.1 Å². The molecule has 0 aromatic carbocycles. The monoisotopic (exact) mass is 212 g/mol. The summed E-state index contributed by atoms with van der Waals surface area (Å²) in [4.78, 5) is 2.65. The highest BCUT2D eigenvalue weighted by Crippen LogP contribution is 2.16. The van der Waals surface area contributed by atoms with Crippen molar-refractivity contribution in [2.24, 2.45) is 0 Å². The maximum absolute atomic E-state index is 5.58. The zero-order chi connectivity index (χ0) is 10.5. The van der Waals surface area contributed by atoms with Crippen molar-refractivity contribution in [3.8, 4) is 0 Å². The molecule has 2 aliphatic rings. The van der Waals surface area contributed by atoms with Gasteiger partial charge in [-0.25, -0.2) is 0 Å². The standard InChI is InChI=1S/C12H24N2O/c1-2-11-9-14(7-4-6-13-11)12-5-3-8-15-10-12/h11-13H,2-10H2,1H3. The first kappa shape index (κ1) is 11.4. The van der Waals surface area contributed by atoms with Gasteiger partial charge in [-0.1, -0.05) is 6.92 Å². The average Bonchev–Trinajstić information content (AvgIpc) is 2.55. The molecule has 3 heteroatoms. The summed E-state index contributed by atoms with van der Waals surface area (Å²) in [5.41, 5.74) is 0. The summed E-state index contributed by atoms with van der Waals surface area (Å²) in [6.45, 7) is 7.85. The van der Waals surface area contributed by atoms with Crippen LogP contribution in [0.5, 0.6) is 0 Å². The van der Waals surface area contributed by atoms with E-state index in [1.165, 1.54) is 45.3 Å². The van der Waals surface area contributed by atoms with Gasteiger partial charge in [-0.2, -0.15) is 0 Å². The van der Waals surface area contributed by atoms with E-state index in [1.54, 1.807) is 0 Å². The third-order valence-corrected chi connectivity index (χ3v) is 3.66. The molecule has 0 spiro atoms. The molecule has 0 aliphatic carbocycles. The summed E-state index contributed by atoms with van der Waals surface area (Å²) in [6, 6.07) is 1.38. The molecule has 0 bridgehead atoms. The fraction of sp³-hybridized carbons (Fsp3) is 1.00. The van der Waals surface area contributed by atoms with E-state index in [1.807, 2.05) is 0 Å². The molecule has 0 aromatic rings. The minimum Gasteiger partial charge on any atom is -0.380 e. The van der Waals surface area contributed by atoms with Crippen molar-refractivity contribution in [2.75, 3.05) is 32.8 Å². The van der Waals surface area contributed by atoms with Crippen LogP contribution in [0.15, 0.2) is 0 Å². The summed E-state index contributed by atoms with van der Waals surface area (Å²) in [5, 5.41) is 3.62. The first-order chi connectivity index (χ1) is 7.40. The van der Waals surface area contributed by atoms with Gasteiger partial charge in [0.05, 0.1) is 6.61 Å². The number of nitrogens with one attached hydrogen (secondary N) is 1. The topological polar surface area (TPSA) is 24.5 Å². The van der Waals surface area contributed by atoms with E-state index in [0.717, 1.165) is 13.2 Å². The molecule has 2 unspecified atom stereocenters. The van der Waals surface area contributed by atoms with Crippen molar-refractivity contribution < 1.29 is 4.74 Å². The molecular weight excluding hydrogens is 188 g/mol. The second kappa shape index (κ2) is 5.83. The van der Waals surface area contributed by atoms with Crippen LogP contribution in [0.25, 0.3) is 0 Å². The molecule has 15 heavy (non-hydrogen) atoms. The second-order valence-corrected chi connectivity index (χ2v) is 4.78. The van der Waals surface area contributed by atoms with Gasteiger partial charge in [0.2, 0.25) is 0 Å². The van der Waals surface area contributed by atoms with Gasteiger partial charge in [-0.05, 0) is 38.8 Å². The number of hydrogen-bond donors (Lipinski definition) is 1. The molecule has 2 saturated heterocycles. The molecule has 0 saturated carbocycles. The summed E-state index contributed by atoms with van der Waals surface area (Å²) >= 11 is 0. The van der Waals surface area contributed by atoms with E-state index in [4.69, 9.17) is 4.74 Å². The van der Waals surface area contributed by atoms with Crippen LogP contribution < -0.4 is 5.32 Å². The third kappa shape index (κ3) is 3.16. The van der Waals surface area contributed by atoms with Crippen molar-refractivity contribution in [2.45, 2.75) is 44.7 Å². The molecule has 2 aliphatic heterocycles. The minimum atomic E-state index is 0.688. The molecule has 2 heterocycles. The second-order valence-electron chi connectivity index (χ2n) is 4.78. The highest BCUT2D eigenvalue weighted by atomic mass is 16.5. The molecule has 0 aromatic heterocycles. The number of rotatable bonds is 2. The molecule has 88 valence electrons. The zero-order valence-electron chi connectivity index (χ0n) is 9.87. The van der Waals surface area contributed by atoms with Crippen LogP contribution in [0.3, 0.4) is 0 Å². The predicted octanol–water partition coefficient (Wildman–Crippen LogP) is 1.24. The van der Waals surface area contributed by atoms with Gasteiger partial charge < -0.3 is 10.1 Å². The van der Waals surface area contributed by atoms with Crippen molar-refractivity contribution >= 4 is 0 Å². The van der Waals surface area contributed by atoms with Crippen LogP contribution in [0, 0.1) is 0 Å². The van der Waals surface area contributed by atoms with Gasteiger partial charge in [-0.15, -0.1) is 0 Å². The molecular formula is C12H24N2O. The minimum absolute atomic E-state index is 0.688. The summed E-state index contributed by atoms with van der Waals surface area (Å²) < 4.78 is 5.58. The Labute approximate surface area is 93.2 Å². The number of nitrogens with zero attached hydrogens (tertiary/aromatic N) is 1. The zero-order valence-corrected chi connectivity index (χ0v) is 9.87. The Bertz CT molecular complexity index is 180. The predicted molar refractivity (Wildman–Crippen MR) is 62.1 cm³/mol. The van der Waals surface area contributed by atoms with Gasteiger partial charge in [-0.3, -0.25) is 4.90 Å². The molecule has 2 atom stereocenters. The van der Waals surface area contributed by atoms with Crippen molar-refractivity contribution in [1.82, 2.24) is 10.2 Å². The Morgan fingerprint density at radius 3 is 3.07 bits per heavy atom. The summed E-state index contributed by atoms with van der Waals surface area (Å²) in [6.07, 6.45) is 5.10. The Kier molecular flexibility index (Phi) is 4.42. The first-order valence-electron chi connectivity index (χ1n) is 6.45. The van der Waals surface area contributed by atoms with Crippen molar-refractivity contribution in [3.05, 3.63) is 0 Å². The number of ether oxygens (including phenoxy) is 1. The van der Waals surface area contributed by atoms with E-state index < -0.39 is 0 Å². The van der Waals surface area contributed by atoms with Crippen molar-refractivity contribution in [3.63, 3.8) is 0 Å². The smallest absolute Gasteiger partial charge is 0.0621 e. The fourth-order valence-corrected chi connectivity index (χ4v) is 2.64. The molecule has 0 amide bonds. The number of hydrogen-bond acceptors (Lipinski definition) is 3. The lowest BCUT2D eigenvalue weighted by Gasteiger charge is -2.34. The third-order valence-electron chi connectivity index (χ3n) is 3.66. The highest BCUT2D eigenvalue weighted by molar-refractivity contribution is 4.81. The van der Waals surface area contributed by atoms with Crippen LogP contribution in [0.2, 0.25) is 0 Å². The summed E-state index contributed by atoms with van der Waals surface area (Å²) in [7, 11) is 0. The normalized spacial score (nSPS) is 35.0. The van der Waals surface area contributed by atoms with E-state index in [-0.39, 0.29) is 0 Å². The Morgan fingerprint density at radius 2 is 2.33 bits per heavy atom. The SMILES string of the molecule is CCC1CN(C2CCCOC2)CCCN1. The van der Waals surface area contributed by atoms with Gasteiger partial charge in [0.25, 0.3) is 0 Å². The van der Waals surface area contributed by atoms with Gasteiger partial charge in [0.1, 0.15) is 0 Å². The lowest BCUT2D eigenvalue weighted by atomic mass is 10.1. The van der Waals surface area contributed by atoms with Gasteiger partial charge >= 0.3 is 0 Å². The Morgan fingerprint density at radius 1 is 1.40 bits per heavy atom. The molecule has 2 rings (SSSR count). The van der Waals surface area contributed by atoms with Gasteiger partial charge in [0, 0.05) is 25.2 Å². The molecule has 1 N–H and O–H groups in total. The summed E-state index contributed by atoms with van der Waals surface area (Å²) in [5.74, 6) is 0. The van der Waals surface area contributed by atoms with Crippen LogP contribution in [0.1, 0.15) is 32.6 Å². The average molecular weight is 212 g/mol. The lowest BCUT2D eigenvalue weighted by molar-refractivity contribution is 0.0172. The fourth-order valence-electron chi connectivity index (χ4n) is 2.64. The van der Waals surface area contributed by atoms with E-state index in [2.05, 4.69) is 17.1 Å². The molecule has 0 radical (unpaired) electrons. The quantitative estimate of drug-likeness (QED) is 0.745. The van der Waals surface area contributed by atoms with Crippen LogP contribution in [-0.4, -0.2) is 49.8 Å². The van der Waals surface area contributed by atoms with E-state index >= 15 is 0 Å². The maximum Gasteiger partial charge on any atom is 0.0621 e. The largest absolute Gasteiger partial charge is 0.380 e. The first-order valence-corrected chi connectivity index (χ1v) is 6.45. The lowest BCUT2D eigenvalue weighted by Crippen LogP contribution is -2.45. The van der Waals surface area contributed by atoms with E-state index in [9.17, 15) is 0 Å².